The van der Waals surface area contributed by atoms with E-state index in [4.69, 9.17) is 4.74 Å². The molecule has 0 bridgehead atoms. The fourth-order valence-electron chi connectivity index (χ4n) is 3.46. The average molecular weight is 461 g/mol. The Balaban J connectivity index is 1.89. The molecular weight excluding hydrogens is 424 g/mol. The number of rotatable bonds is 14. The first-order valence-electron chi connectivity index (χ1n) is 11.4. The molecule has 1 atom stereocenters. The summed E-state index contributed by atoms with van der Waals surface area (Å²) in [5, 5.41) is 3.00. The number of amides is 1. The third kappa shape index (κ3) is 8.91. The van der Waals surface area contributed by atoms with Crippen molar-refractivity contribution in [3.8, 4) is 11.5 Å². The third-order valence-corrected chi connectivity index (χ3v) is 6.59. The molecule has 6 nitrogen and oxygen atoms in total. The molecule has 1 amide bonds. The molecule has 176 valence electrons. The second-order valence-corrected chi connectivity index (χ2v) is 9.98. The topological polar surface area (TPSA) is 75.7 Å². The standard InChI is InChI=1S/C25H36N2O4S/c1-4-6-11-21(5-2)20-26-25(28)14-10-19-27(32(3,29)30)22-15-17-24(18-16-22)31-23-12-8-7-9-13-23/h7-9,12-13,15-18,21H,4-6,10-11,14,19-20H2,1-3H3,(H,26,28). The summed E-state index contributed by atoms with van der Waals surface area (Å²) in [4.78, 5) is 12.2. The number of hydrogen-bond acceptors (Lipinski definition) is 4. The smallest absolute Gasteiger partial charge is 0.232 e. The Morgan fingerprint density at radius 1 is 1.00 bits per heavy atom. The van der Waals surface area contributed by atoms with Gasteiger partial charge in [0.1, 0.15) is 11.5 Å². The number of hydrogen-bond donors (Lipinski definition) is 1. The molecule has 0 saturated carbocycles. The van der Waals surface area contributed by atoms with E-state index >= 15 is 0 Å². The number of unbranched alkanes of at least 4 members (excludes halogenated alkanes) is 1. The average Bonchev–Trinajstić information content (AvgIpc) is 2.77. The Bertz CT molecular complexity index is 915. The van der Waals surface area contributed by atoms with E-state index in [1.807, 2.05) is 30.3 Å². The van der Waals surface area contributed by atoms with Gasteiger partial charge in [0.2, 0.25) is 15.9 Å². The maximum Gasteiger partial charge on any atom is 0.232 e. The molecule has 1 unspecified atom stereocenters. The highest BCUT2D eigenvalue weighted by atomic mass is 32.2. The fraction of sp³-hybridized carbons (Fsp3) is 0.480. The summed E-state index contributed by atoms with van der Waals surface area (Å²) in [5.74, 6) is 1.82. The highest BCUT2D eigenvalue weighted by Gasteiger charge is 2.18. The fourth-order valence-corrected chi connectivity index (χ4v) is 4.43. The van der Waals surface area contributed by atoms with Crippen LogP contribution in [-0.4, -0.2) is 33.7 Å². The summed E-state index contributed by atoms with van der Waals surface area (Å²) in [5.41, 5.74) is 0.555. The number of sulfonamides is 1. The molecule has 7 heteroatoms. The molecule has 0 fully saturated rings. The zero-order valence-electron chi connectivity index (χ0n) is 19.4. The lowest BCUT2D eigenvalue weighted by molar-refractivity contribution is -0.121. The maximum atomic E-state index is 12.3. The van der Waals surface area contributed by atoms with Crippen LogP contribution in [0.4, 0.5) is 5.69 Å². The Hall–Kier alpha value is -2.54. The second-order valence-electron chi connectivity index (χ2n) is 8.07. The maximum absolute atomic E-state index is 12.3. The van der Waals surface area contributed by atoms with Gasteiger partial charge in [-0.1, -0.05) is 51.3 Å². The Kier molecular flexibility index (Phi) is 10.5. The number of carbonyl (C=O) groups excluding carboxylic acids is 1. The van der Waals surface area contributed by atoms with Crippen LogP contribution in [0, 0.1) is 5.92 Å². The first-order valence-corrected chi connectivity index (χ1v) is 13.3. The lowest BCUT2D eigenvalue weighted by Gasteiger charge is -2.22. The van der Waals surface area contributed by atoms with Gasteiger partial charge in [0.15, 0.2) is 0 Å². The molecule has 0 aliphatic heterocycles. The summed E-state index contributed by atoms with van der Waals surface area (Å²) in [6.07, 6.45) is 6.43. The van der Waals surface area contributed by atoms with E-state index in [0.717, 1.165) is 19.3 Å². The normalized spacial score (nSPS) is 12.2. The quantitative estimate of drug-likeness (QED) is 0.412. The van der Waals surface area contributed by atoms with Crippen LogP contribution in [0.25, 0.3) is 0 Å². The van der Waals surface area contributed by atoms with E-state index in [0.29, 0.717) is 42.5 Å². The summed E-state index contributed by atoms with van der Waals surface area (Å²) < 4.78 is 31.8. The molecule has 0 aromatic heterocycles. The molecule has 32 heavy (non-hydrogen) atoms. The molecule has 2 aromatic rings. The zero-order valence-corrected chi connectivity index (χ0v) is 20.2. The van der Waals surface area contributed by atoms with Crippen molar-refractivity contribution in [2.45, 2.75) is 52.4 Å². The summed E-state index contributed by atoms with van der Waals surface area (Å²) >= 11 is 0. The van der Waals surface area contributed by atoms with Crippen molar-refractivity contribution >= 4 is 21.6 Å². The van der Waals surface area contributed by atoms with Crippen molar-refractivity contribution < 1.29 is 17.9 Å². The van der Waals surface area contributed by atoms with Crippen molar-refractivity contribution in [2.24, 2.45) is 5.92 Å². The van der Waals surface area contributed by atoms with Crippen molar-refractivity contribution in [1.82, 2.24) is 5.32 Å². The van der Waals surface area contributed by atoms with Gasteiger partial charge in [0.25, 0.3) is 0 Å². The van der Waals surface area contributed by atoms with Crippen LogP contribution in [0.2, 0.25) is 0 Å². The largest absolute Gasteiger partial charge is 0.457 e. The van der Waals surface area contributed by atoms with E-state index in [-0.39, 0.29) is 12.5 Å². The van der Waals surface area contributed by atoms with Gasteiger partial charge in [-0.25, -0.2) is 8.42 Å². The van der Waals surface area contributed by atoms with E-state index in [1.165, 1.54) is 17.0 Å². The Morgan fingerprint density at radius 2 is 1.66 bits per heavy atom. The van der Waals surface area contributed by atoms with Crippen LogP contribution in [0.5, 0.6) is 11.5 Å². The number of nitrogens with zero attached hydrogens (tertiary/aromatic N) is 1. The van der Waals surface area contributed by atoms with Crippen LogP contribution in [0.3, 0.4) is 0 Å². The summed E-state index contributed by atoms with van der Waals surface area (Å²) in [6, 6.07) is 16.3. The van der Waals surface area contributed by atoms with Gasteiger partial charge >= 0.3 is 0 Å². The number of ether oxygens (including phenoxy) is 1. The van der Waals surface area contributed by atoms with Crippen molar-refractivity contribution in [2.75, 3.05) is 23.7 Å². The minimum atomic E-state index is -3.47. The minimum absolute atomic E-state index is 0.0278. The van der Waals surface area contributed by atoms with E-state index in [2.05, 4.69) is 19.2 Å². The molecule has 2 aromatic carbocycles. The predicted octanol–water partition coefficient (Wildman–Crippen LogP) is 5.36. The van der Waals surface area contributed by atoms with Gasteiger partial charge in [0, 0.05) is 19.5 Å². The zero-order chi connectivity index (χ0) is 23.4. The number of anilines is 1. The van der Waals surface area contributed by atoms with Crippen molar-refractivity contribution in [3.05, 3.63) is 54.6 Å². The molecule has 0 aliphatic rings. The summed E-state index contributed by atoms with van der Waals surface area (Å²) in [7, 11) is -3.47. The molecule has 0 spiro atoms. The second kappa shape index (κ2) is 13.1. The number of carbonyl (C=O) groups is 1. The highest BCUT2D eigenvalue weighted by molar-refractivity contribution is 7.92. The number of para-hydroxylation sites is 1. The lowest BCUT2D eigenvalue weighted by Crippen LogP contribution is -2.33. The lowest BCUT2D eigenvalue weighted by atomic mass is 9.99. The molecule has 0 aliphatic carbocycles. The van der Waals surface area contributed by atoms with Crippen LogP contribution < -0.4 is 14.4 Å². The predicted molar refractivity (Wildman–Crippen MR) is 131 cm³/mol. The van der Waals surface area contributed by atoms with Crippen molar-refractivity contribution in [1.29, 1.82) is 0 Å². The highest BCUT2D eigenvalue weighted by Crippen LogP contribution is 2.25. The van der Waals surface area contributed by atoms with Crippen LogP contribution in [0.15, 0.2) is 54.6 Å². The van der Waals surface area contributed by atoms with Gasteiger partial charge in [-0.2, -0.15) is 0 Å². The minimum Gasteiger partial charge on any atom is -0.457 e. The van der Waals surface area contributed by atoms with Crippen LogP contribution in [-0.2, 0) is 14.8 Å². The number of benzene rings is 2. The third-order valence-electron chi connectivity index (χ3n) is 5.40. The van der Waals surface area contributed by atoms with Gasteiger partial charge in [-0.15, -0.1) is 0 Å². The van der Waals surface area contributed by atoms with Crippen LogP contribution in [0.1, 0.15) is 52.4 Å². The molecular formula is C25H36N2O4S. The first kappa shape index (κ1) is 25.7. The van der Waals surface area contributed by atoms with Gasteiger partial charge in [-0.3, -0.25) is 9.10 Å². The SMILES string of the molecule is CCCCC(CC)CNC(=O)CCCN(c1ccc(Oc2ccccc2)cc1)S(C)(=O)=O. The molecule has 0 heterocycles. The van der Waals surface area contributed by atoms with E-state index in [1.54, 1.807) is 24.3 Å². The number of nitrogens with one attached hydrogen (secondary N) is 1. The van der Waals surface area contributed by atoms with Crippen LogP contribution >= 0.6 is 0 Å². The van der Waals surface area contributed by atoms with E-state index in [9.17, 15) is 13.2 Å². The van der Waals surface area contributed by atoms with Crippen molar-refractivity contribution in [3.63, 3.8) is 0 Å². The van der Waals surface area contributed by atoms with Gasteiger partial charge in [0.05, 0.1) is 11.9 Å². The van der Waals surface area contributed by atoms with E-state index < -0.39 is 10.0 Å². The first-order chi connectivity index (χ1) is 15.3. The van der Waals surface area contributed by atoms with Gasteiger partial charge in [-0.05, 0) is 55.2 Å². The molecule has 2 rings (SSSR count). The molecule has 0 saturated heterocycles. The molecule has 1 N–H and O–H groups in total. The Labute approximate surface area is 193 Å². The van der Waals surface area contributed by atoms with Gasteiger partial charge < -0.3 is 10.1 Å². The Morgan fingerprint density at radius 3 is 2.25 bits per heavy atom. The monoisotopic (exact) mass is 460 g/mol. The molecule has 0 radical (unpaired) electrons. The summed E-state index contributed by atoms with van der Waals surface area (Å²) in [6.45, 7) is 5.25.